The van der Waals surface area contributed by atoms with Crippen molar-refractivity contribution in [3.05, 3.63) is 0 Å². The Kier molecular flexibility index (Phi) is 6.03. The van der Waals surface area contributed by atoms with Gasteiger partial charge in [0.25, 0.3) is 0 Å². The lowest BCUT2D eigenvalue weighted by Gasteiger charge is -2.30. The summed E-state index contributed by atoms with van der Waals surface area (Å²) in [6.45, 7) is 6.54. The van der Waals surface area contributed by atoms with Crippen molar-refractivity contribution in [1.82, 2.24) is 10.2 Å². The molecule has 5 heteroatoms. The van der Waals surface area contributed by atoms with Crippen LogP contribution in [0.25, 0.3) is 0 Å². The van der Waals surface area contributed by atoms with Crippen LogP contribution >= 0.6 is 0 Å². The van der Waals surface area contributed by atoms with Gasteiger partial charge >= 0.3 is 0 Å². The maximum atomic E-state index is 12.0. The molecule has 0 saturated carbocycles. The van der Waals surface area contributed by atoms with Gasteiger partial charge in [-0.15, -0.1) is 0 Å². The monoisotopic (exact) mass is 229 g/mol. The number of hydrogen-bond acceptors (Lipinski definition) is 3. The summed E-state index contributed by atoms with van der Waals surface area (Å²) in [5.41, 5.74) is 5.03. The van der Waals surface area contributed by atoms with Crippen LogP contribution in [0.5, 0.6) is 0 Å². The van der Waals surface area contributed by atoms with E-state index in [2.05, 4.69) is 5.32 Å². The molecule has 16 heavy (non-hydrogen) atoms. The number of amides is 2. The van der Waals surface area contributed by atoms with Gasteiger partial charge < -0.3 is 16.0 Å². The molecule has 0 rings (SSSR count). The average Bonchev–Trinajstić information content (AvgIpc) is 2.27. The van der Waals surface area contributed by atoms with E-state index in [1.165, 1.54) is 4.90 Å². The van der Waals surface area contributed by atoms with E-state index in [1.54, 1.807) is 7.05 Å². The highest BCUT2D eigenvalue weighted by atomic mass is 16.2. The van der Waals surface area contributed by atoms with E-state index in [0.717, 1.165) is 0 Å². The SMILES string of the molecule is CCNC(=O)CN(C)C(=O)C(C)(CC)CN. The van der Waals surface area contributed by atoms with Gasteiger partial charge in [-0.2, -0.15) is 0 Å². The molecule has 0 fully saturated rings. The zero-order chi connectivity index (χ0) is 12.8. The standard InChI is InChI=1S/C11H23N3O2/c1-5-11(3,8-12)10(16)14(4)7-9(15)13-6-2/h5-8,12H2,1-4H3,(H,13,15). The summed E-state index contributed by atoms with van der Waals surface area (Å²) in [5, 5.41) is 2.65. The van der Waals surface area contributed by atoms with Crippen molar-refractivity contribution in [3.63, 3.8) is 0 Å². The highest BCUT2D eigenvalue weighted by Crippen LogP contribution is 2.21. The smallest absolute Gasteiger partial charge is 0.239 e. The first-order valence-corrected chi connectivity index (χ1v) is 5.63. The van der Waals surface area contributed by atoms with Gasteiger partial charge in [0.15, 0.2) is 0 Å². The number of hydrogen-bond donors (Lipinski definition) is 2. The Bertz CT molecular complexity index is 250. The number of nitrogens with two attached hydrogens (primary N) is 1. The second-order valence-corrected chi connectivity index (χ2v) is 4.23. The summed E-state index contributed by atoms with van der Waals surface area (Å²) in [6, 6.07) is 0. The van der Waals surface area contributed by atoms with E-state index in [4.69, 9.17) is 5.73 Å². The van der Waals surface area contributed by atoms with Crippen molar-refractivity contribution in [3.8, 4) is 0 Å². The van der Waals surface area contributed by atoms with E-state index >= 15 is 0 Å². The minimum atomic E-state index is -0.568. The molecule has 0 aromatic heterocycles. The van der Waals surface area contributed by atoms with E-state index in [1.807, 2.05) is 20.8 Å². The van der Waals surface area contributed by atoms with Crippen LogP contribution in [0, 0.1) is 5.41 Å². The van der Waals surface area contributed by atoms with Gasteiger partial charge in [-0.05, 0) is 20.3 Å². The Labute approximate surface area is 97.4 Å². The Hall–Kier alpha value is -1.10. The van der Waals surface area contributed by atoms with Crippen LogP contribution in [0.15, 0.2) is 0 Å². The van der Waals surface area contributed by atoms with E-state index in [-0.39, 0.29) is 18.4 Å². The largest absolute Gasteiger partial charge is 0.355 e. The molecule has 0 aromatic carbocycles. The molecule has 5 nitrogen and oxygen atoms in total. The summed E-state index contributed by atoms with van der Waals surface area (Å²) in [6.07, 6.45) is 0.669. The lowest BCUT2D eigenvalue weighted by Crippen LogP contribution is -2.47. The third kappa shape index (κ3) is 3.81. The van der Waals surface area contributed by atoms with E-state index in [9.17, 15) is 9.59 Å². The van der Waals surface area contributed by atoms with Crippen LogP contribution in [0.2, 0.25) is 0 Å². The minimum absolute atomic E-state index is 0.0799. The molecular weight excluding hydrogens is 206 g/mol. The van der Waals surface area contributed by atoms with E-state index in [0.29, 0.717) is 19.5 Å². The number of carbonyl (C=O) groups is 2. The molecule has 0 aliphatic heterocycles. The molecule has 0 radical (unpaired) electrons. The van der Waals surface area contributed by atoms with Gasteiger partial charge in [-0.25, -0.2) is 0 Å². The number of likely N-dealkylation sites (N-methyl/N-ethyl adjacent to an activating group) is 2. The molecule has 0 heterocycles. The fraction of sp³-hybridized carbons (Fsp3) is 0.818. The van der Waals surface area contributed by atoms with Crippen LogP contribution < -0.4 is 11.1 Å². The summed E-state index contributed by atoms with van der Waals surface area (Å²) < 4.78 is 0. The lowest BCUT2D eigenvalue weighted by molar-refractivity contribution is -0.142. The van der Waals surface area contributed by atoms with Gasteiger partial charge in [0, 0.05) is 20.1 Å². The normalized spacial score (nSPS) is 14.1. The third-order valence-electron chi connectivity index (χ3n) is 2.85. The van der Waals surface area contributed by atoms with Crippen LogP contribution in [-0.4, -0.2) is 43.4 Å². The first kappa shape index (κ1) is 14.9. The molecule has 94 valence electrons. The lowest BCUT2D eigenvalue weighted by atomic mass is 9.86. The second kappa shape index (κ2) is 6.48. The van der Waals surface area contributed by atoms with Gasteiger partial charge in [-0.3, -0.25) is 9.59 Å². The van der Waals surface area contributed by atoms with Crippen molar-refractivity contribution in [2.24, 2.45) is 11.1 Å². The quantitative estimate of drug-likeness (QED) is 0.671. The third-order valence-corrected chi connectivity index (χ3v) is 2.85. The van der Waals surface area contributed by atoms with Crippen LogP contribution in [0.4, 0.5) is 0 Å². The topological polar surface area (TPSA) is 75.4 Å². The van der Waals surface area contributed by atoms with Crippen molar-refractivity contribution >= 4 is 11.8 Å². The molecule has 0 aromatic rings. The van der Waals surface area contributed by atoms with Crippen LogP contribution in [0.3, 0.4) is 0 Å². The average molecular weight is 229 g/mol. The molecule has 0 aliphatic rings. The Morgan fingerprint density at radius 1 is 1.38 bits per heavy atom. The molecular formula is C11H23N3O2. The van der Waals surface area contributed by atoms with Gasteiger partial charge in [0.2, 0.25) is 11.8 Å². The summed E-state index contributed by atoms with van der Waals surface area (Å²) in [4.78, 5) is 24.8. The number of rotatable bonds is 6. The first-order valence-electron chi connectivity index (χ1n) is 5.63. The highest BCUT2D eigenvalue weighted by Gasteiger charge is 2.32. The Morgan fingerprint density at radius 2 is 1.94 bits per heavy atom. The molecule has 0 spiro atoms. The molecule has 0 bridgehead atoms. The zero-order valence-corrected chi connectivity index (χ0v) is 10.7. The second-order valence-electron chi connectivity index (χ2n) is 4.23. The van der Waals surface area contributed by atoms with Crippen molar-refractivity contribution in [2.45, 2.75) is 27.2 Å². The van der Waals surface area contributed by atoms with Crippen LogP contribution in [-0.2, 0) is 9.59 Å². The van der Waals surface area contributed by atoms with Crippen LogP contribution in [0.1, 0.15) is 27.2 Å². The molecule has 2 amide bonds. The van der Waals surface area contributed by atoms with Gasteiger partial charge in [0.05, 0.1) is 12.0 Å². The first-order chi connectivity index (χ1) is 7.41. The van der Waals surface area contributed by atoms with Crippen molar-refractivity contribution in [1.29, 1.82) is 0 Å². The summed E-state index contributed by atoms with van der Waals surface area (Å²) >= 11 is 0. The molecule has 3 N–H and O–H groups in total. The predicted octanol–water partition coefficient (Wildman–Crippen LogP) is -0.0441. The van der Waals surface area contributed by atoms with Gasteiger partial charge in [0.1, 0.15) is 0 Å². The fourth-order valence-electron chi connectivity index (χ4n) is 1.38. The summed E-state index contributed by atoms with van der Waals surface area (Å²) in [7, 11) is 1.63. The maximum absolute atomic E-state index is 12.0. The predicted molar refractivity (Wildman–Crippen MR) is 63.8 cm³/mol. The van der Waals surface area contributed by atoms with Gasteiger partial charge in [-0.1, -0.05) is 6.92 Å². The fourth-order valence-corrected chi connectivity index (χ4v) is 1.38. The molecule has 1 unspecified atom stereocenters. The number of nitrogens with one attached hydrogen (secondary N) is 1. The molecule has 0 aliphatic carbocycles. The van der Waals surface area contributed by atoms with E-state index < -0.39 is 5.41 Å². The maximum Gasteiger partial charge on any atom is 0.239 e. The Morgan fingerprint density at radius 3 is 2.31 bits per heavy atom. The number of nitrogens with zero attached hydrogens (tertiary/aromatic N) is 1. The molecule has 1 atom stereocenters. The van der Waals surface area contributed by atoms with Crippen molar-refractivity contribution in [2.75, 3.05) is 26.7 Å². The van der Waals surface area contributed by atoms with Crippen molar-refractivity contribution < 1.29 is 9.59 Å². The molecule has 0 saturated heterocycles. The number of carbonyl (C=O) groups excluding carboxylic acids is 2. The summed E-state index contributed by atoms with van der Waals surface area (Å²) in [5.74, 6) is -0.224. The zero-order valence-electron chi connectivity index (χ0n) is 10.7. The Balaban J connectivity index is 4.43. The minimum Gasteiger partial charge on any atom is -0.355 e. The highest BCUT2D eigenvalue weighted by molar-refractivity contribution is 5.87.